The van der Waals surface area contributed by atoms with Gasteiger partial charge in [0.25, 0.3) is 0 Å². The van der Waals surface area contributed by atoms with Crippen molar-refractivity contribution in [3.05, 3.63) is 34.9 Å². The molecule has 2 rings (SSSR count). The zero-order valence-corrected chi connectivity index (χ0v) is 11.0. The first-order valence-corrected chi connectivity index (χ1v) is 6.66. The quantitative estimate of drug-likeness (QED) is 0.815. The summed E-state index contributed by atoms with van der Waals surface area (Å²) in [5.74, 6) is 0.981. The molecule has 0 aromatic heterocycles. The average molecular weight is 253 g/mol. The van der Waals surface area contributed by atoms with Gasteiger partial charge >= 0.3 is 0 Å². The van der Waals surface area contributed by atoms with Crippen molar-refractivity contribution < 1.29 is 9.69 Å². The van der Waals surface area contributed by atoms with Crippen molar-refractivity contribution in [1.82, 2.24) is 0 Å². The summed E-state index contributed by atoms with van der Waals surface area (Å²) in [5, 5.41) is 0.572. The van der Waals surface area contributed by atoms with Crippen molar-refractivity contribution in [3.63, 3.8) is 0 Å². The Labute approximate surface area is 108 Å². The molecule has 1 aromatic carbocycles. The van der Waals surface area contributed by atoms with E-state index in [0.29, 0.717) is 17.1 Å². The summed E-state index contributed by atoms with van der Waals surface area (Å²) in [5.41, 5.74) is 0.667. The number of carbonyl (C=O) groups is 1. The van der Waals surface area contributed by atoms with Crippen molar-refractivity contribution in [2.24, 2.45) is 5.92 Å². The van der Waals surface area contributed by atoms with Crippen molar-refractivity contribution >= 4 is 17.4 Å². The van der Waals surface area contributed by atoms with Gasteiger partial charge in [0.05, 0.1) is 18.1 Å². The van der Waals surface area contributed by atoms with E-state index in [1.165, 1.54) is 17.7 Å². The predicted octanol–water partition coefficient (Wildman–Crippen LogP) is 1.84. The van der Waals surface area contributed by atoms with Crippen LogP contribution in [0.3, 0.4) is 0 Å². The van der Waals surface area contributed by atoms with Gasteiger partial charge in [-0.1, -0.05) is 30.7 Å². The van der Waals surface area contributed by atoms with Crippen molar-refractivity contribution in [2.75, 3.05) is 19.6 Å². The molecule has 92 valence electrons. The summed E-state index contributed by atoms with van der Waals surface area (Å²) < 4.78 is 0. The fourth-order valence-corrected chi connectivity index (χ4v) is 2.60. The zero-order valence-electron chi connectivity index (χ0n) is 10.2. The Bertz CT molecular complexity index is 397. The minimum absolute atomic E-state index is 0.167. The van der Waals surface area contributed by atoms with Gasteiger partial charge in [0.2, 0.25) is 5.78 Å². The Morgan fingerprint density at radius 3 is 2.65 bits per heavy atom. The van der Waals surface area contributed by atoms with E-state index in [1.54, 1.807) is 6.07 Å². The second-order valence-electron chi connectivity index (χ2n) is 5.01. The number of nitrogens with one attached hydrogen (secondary N) is 1. The van der Waals surface area contributed by atoms with Gasteiger partial charge in [-0.3, -0.25) is 4.79 Å². The molecule has 0 amide bonds. The minimum Gasteiger partial charge on any atom is -0.328 e. The number of halogens is 1. The molecular formula is C14H19ClNO+. The van der Waals surface area contributed by atoms with Crippen LogP contribution >= 0.6 is 11.6 Å². The SMILES string of the molecule is CC1CC[NH+](CC(=O)c2ccccc2Cl)CC1. The van der Waals surface area contributed by atoms with Gasteiger partial charge in [0.1, 0.15) is 6.54 Å². The van der Waals surface area contributed by atoms with Crippen molar-refractivity contribution in [1.29, 1.82) is 0 Å². The van der Waals surface area contributed by atoms with Crippen LogP contribution in [0.15, 0.2) is 24.3 Å². The summed E-state index contributed by atoms with van der Waals surface area (Å²) in [6.07, 6.45) is 2.45. The number of ketones is 1. The Morgan fingerprint density at radius 2 is 2.00 bits per heavy atom. The molecule has 17 heavy (non-hydrogen) atoms. The maximum atomic E-state index is 12.1. The summed E-state index contributed by atoms with van der Waals surface area (Å²) in [6, 6.07) is 7.32. The van der Waals surface area contributed by atoms with E-state index >= 15 is 0 Å². The van der Waals surface area contributed by atoms with Crippen LogP contribution < -0.4 is 4.90 Å². The van der Waals surface area contributed by atoms with Gasteiger partial charge in [-0.25, -0.2) is 0 Å². The number of carbonyl (C=O) groups excluding carboxylic acids is 1. The molecule has 0 unspecified atom stereocenters. The standard InChI is InChI=1S/C14H18ClNO/c1-11-6-8-16(9-7-11)10-14(17)12-4-2-3-5-13(12)15/h2-5,11H,6-10H2,1H3/p+1. The molecule has 0 saturated carbocycles. The number of quaternary nitrogens is 1. The molecule has 1 aliphatic heterocycles. The number of hydrogen-bond acceptors (Lipinski definition) is 1. The summed E-state index contributed by atoms with van der Waals surface area (Å²) in [4.78, 5) is 13.5. The van der Waals surface area contributed by atoms with E-state index in [1.807, 2.05) is 18.2 Å². The third kappa shape index (κ3) is 3.30. The molecule has 1 N–H and O–H groups in total. The summed E-state index contributed by atoms with van der Waals surface area (Å²) >= 11 is 6.03. The lowest BCUT2D eigenvalue weighted by Crippen LogP contribution is -3.13. The van der Waals surface area contributed by atoms with Crippen molar-refractivity contribution in [2.45, 2.75) is 19.8 Å². The topological polar surface area (TPSA) is 21.5 Å². The van der Waals surface area contributed by atoms with Crippen LogP contribution in [0.4, 0.5) is 0 Å². The Hall–Kier alpha value is -0.860. The molecule has 0 atom stereocenters. The van der Waals surface area contributed by atoms with E-state index in [9.17, 15) is 4.79 Å². The normalized spacial score (nSPS) is 24.6. The van der Waals surface area contributed by atoms with Gasteiger partial charge in [0.15, 0.2) is 0 Å². The van der Waals surface area contributed by atoms with E-state index in [4.69, 9.17) is 11.6 Å². The van der Waals surface area contributed by atoms with E-state index in [2.05, 4.69) is 6.92 Å². The Kier molecular flexibility index (Phi) is 4.19. The maximum Gasteiger partial charge on any atom is 0.218 e. The molecule has 0 aliphatic carbocycles. The van der Waals surface area contributed by atoms with Crippen LogP contribution in [0.2, 0.25) is 5.02 Å². The highest BCUT2D eigenvalue weighted by Crippen LogP contribution is 2.15. The lowest BCUT2D eigenvalue weighted by Gasteiger charge is -2.26. The number of Topliss-reactive ketones (excluding diaryl/α,β-unsaturated/α-hetero) is 1. The third-order valence-electron chi connectivity index (χ3n) is 3.57. The fourth-order valence-electron chi connectivity index (χ4n) is 2.36. The summed E-state index contributed by atoms with van der Waals surface area (Å²) in [6.45, 7) is 5.08. The molecule has 1 aliphatic rings. The highest BCUT2D eigenvalue weighted by atomic mass is 35.5. The van der Waals surface area contributed by atoms with Gasteiger partial charge in [-0.15, -0.1) is 0 Å². The van der Waals surface area contributed by atoms with Gasteiger partial charge in [-0.2, -0.15) is 0 Å². The van der Waals surface area contributed by atoms with E-state index in [-0.39, 0.29) is 5.78 Å². The van der Waals surface area contributed by atoms with Crippen LogP contribution in [-0.4, -0.2) is 25.4 Å². The molecule has 1 saturated heterocycles. The highest BCUT2D eigenvalue weighted by Gasteiger charge is 2.22. The number of piperidine rings is 1. The van der Waals surface area contributed by atoms with Gasteiger partial charge in [-0.05, 0) is 30.9 Å². The molecule has 2 nitrogen and oxygen atoms in total. The maximum absolute atomic E-state index is 12.1. The smallest absolute Gasteiger partial charge is 0.218 e. The van der Waals surface area contributed by atoms with Crippen LogP contribution in [0.5, 0.6) is 0 Å². The number of likely N-dealkylation sites (tertiary alicyclic amines) is 1. The Balaban J connectivity index is 1.96. The van der Waals surface area contributed by atoms with Crippen LogP contribution in [0.1, 0.15) is 30.1 Å². The molecule has 1 heterocycles. The molecule has 1 aromatic rings. The van der Waals surface area contributed by atoms with Crippen LogP contribution in [-0.2, 0) is 0 Å². The zero-order chi connectivity index (χ0) is 12.3. The molecular weight excluding hydrogens is 234 g/mol. The Morgan fingerprint density at radius 1 is 1.35 bits per heavy atom. The molecule has 0 radical (unpaired) electrons. The lowest BCUT2D eigenvalue weighted by molar-refractivity contribution is -0.897. The monoisotopic (exact) mass is 252 g/mol. The second-order valence-corrected chi connectivity index (χ2v) is 5.42. The average Bonchev–Trinajstić information content (AvgIpc) is 2.32. The molecule has 3 heteroatoms. The van der Waals surface area contributed by atoms with Crippen LogP contribution in [0.25, 0.3) is 0 Å². The van der Waals surface area contributed by atoms with Gasteiger partial charge in [0, 0.05) is 5.56 Å². The molecule has 1 fully saturated rings. The lowest BCUT2D eigenvalue weighted by atomic mass is 9.99. The number of benzene rings is 1. The molecule has 0 bridgehead atoms. The van der Waals surface area contributed by atoms with Gasteiger partial charge < -0.3 is 4.90 Å². The molecule has 0 spiro atoms. The van der Waals surface area contributed by atoms with Crippen LogP contribution in [0, 0.1) is 5.92 Å². The summed E-state index contributed by atoms with van der Waals surface area (Å²) in [7, 11) is 0. The first-order chi connectivity index (χ1) is 8.16. The number of rotatable bonds is 3. The highest BCUT2D eigenvalue weighted by molar-refractivity contribution is 6.34. The minimum atomic E-state index is 0.167. The first kappa shape index (κ1) is 12.6. The second kappa shape index (κ2) is 5.65. The fraction of sp³-hybridized carbons (Fsp3) is 0.500. The number of hydrogen-bond donors (Lipinski definition) is 1. The van der Waals surface area contributed by atoms with Crippen molar-refractivity contribution in [3.8, 4) is 0 Å². The third-order valence-corrected chi connectivity index (χ3v) is 3.90. The first-order valence-electron chi connectivity index (χ1n) is 6.28. The van der Waals surface area contributed by atoms with E-state index < -0.39 is 0 Å². The predicted molar refractivity (Wildman–Crippen MR) is 69.7 cm³/mol. The largest absolute Gasteiger partial charge is 0.328 e. The van der Waals surface area contributed by atoms with E-state index in [0.717, 1.165) is 19.0 Å².